The van der Waals surface area contributed by atoms with Gasteiger partial charge in [0.2, 0.25) is 11.6 Å². The second-order valence-electron chi connectivity index (χ2n) is 3.97. The lowest BCUT2D eigenvalue weighted by Crippen LogP contribution is -2.04. The lowest BCUT2D eigenvalue weighted by Gasteiger charge is -2.10. The summed E-state index contributed by atoms with van der Waals surface area (Å²) < 4.78 is 56.0. The van der Waals surface area contributed by atoms with E-state index in [2.05, 4.69) is 0 Å². The van der Waals surface area contributed by atoms with Gasteiger partial charge in [0.1, 0.15) is 5.75 Å². The van der Waals surface area contributed by atoms with E-state index in [1.807, 2.05) is 0 Å². The van der Waals surface area contributed by atoms with Crippen LogP contribution < -0.4 is 4.74 Å². The standard InChI is InChI=1S/C13H7F4NO3/c14-10-5-2-6-11(12(10)18(19)20)21-9-4-1-3-8(7-9)13(15,16)17/h1-7H. The third-order valence-electron chi connectivity index (χ3n) is 2.52. The summed E-state index contributed by atoms with van der Waals surface area (Å²) in [4.78, 5) is 9.76. The van der Waals surface area contributed by atoms with Gasteiger partial charge in [-0.1, -0.05) is 12.1 Å². The van der Waals surface area contributed by atoms with Crippen molar-refractivity contribution in [1.82, 2.24) is 0 Å². The van der Waals surface area contributed by atoms with Crippen LogP contribution in [-0.4, -0.2) is 4.92 Å². The zero-order valence-corrected chi connectivity index (χ0v) is 10.2. The predicted octanol–water partition coefficient (Wildman–Crippen LogP) is 4.55. The quantitative estimate of drug-likeness (QED) is 0.475. The number of ether oxygens (including phenoxy) is 1. The Bertz CT molecular complexity index is 685. The summed E-state index contributed by atoms with van der Waals surface area (Å²) in [6, 6.07) is 6.89. The highest BCUT2D eigenvalue weighted by molar-refractivity contribution is 5.49. The van der Waals surface area contributed by atoms with Crippen LogP contribution in [0.3, 0.4) is 0 Å². The summed E-state index contributed by atoms with van der Waals surface area (Å²) >= 11 is 0. The van der Waals surface area contributed by atoms with Gasteiger partial charge in [-0.3, -0.25) is 10.1 Å². The van der Waals surface area contributed by atoms with Crippen molar-refractivity contribution >= 4 is 5.69 Å². The molecule has 0 atom stereocenters. The number of nitrogens with zero attached hydrogens (tertiary/aromatic N) is 1. The molecule has 0 aliphatic carbocycles. The molecule has 8 heteroatoms. The topological polar surface area (TPSA) is 52.4 Å². The SMILES string of the molecule is O=[N+]([O-])c1c(F)cccc1Oc1cccc(C(F)(F)F)c1. The maximum Gasteiger partial charge on any atom is 0.416 e. The van der Waals surface area contributed by atoms with Crippen LogP contribution in [0.5, 0.6) is 11.5 Å². The zero-order valence-electron chi connectivity index (χ0n) is 10.2. The molecule has 110 valence electrons. The van der Waals surface area contributed by atoms with Crippen molar-refractivity contribution < 1.29 is 27.2 Å². The lowest BCUT2D eigenvalue weighted by atomic mass is 10.2. The Labute approximate surface area is 115 Å². The molecule has 2 rings (SSSR count). The number of nitro benzene ring substituents is 1. The second kappa shape index (κ2) is 5.39. The van der Waals surface area contributed by atoms with Gasteiger partial charge in [-0.15, -0.1) is 0 Å². The molecule has 0 saturated carbocycles. The van der Waals surface area contributed by atoms with Crippen molar-refractivity contribution in [3.05, 3.63) is 64.0 Å². The van der Waals surface area contributed by atoms with Gasteiger partial charge in [0.15, 0.2) is 0 Å². The smallest absolute Gasteiger partial charge is 0.416 e. The van der Waals surface area contributed by atoms with Crippen molar-refractivity contribution in [2.24, 2.45) is 0 Å². The summed E-state index contributed by atoms with van der Waals surface area (Å²) in [5.74, 6) is -1.89. The maximum absolute atomic E-state index is 13.4. The van der Waals surface area contributed by atoms with Gasteiger partial charge in [0.05, 0.1) is 10.5 Å². The van der Waals surface area contributed by atoms with E-state index in [1.54, 1.807) is 0 Å². The highest BCUT2D eigenvalue weighted by atomic mass is 19.4. The van der Waals surface area contributed by atoms with Gasteiger partial charge in [0, 0.05) is 0 Å². The fraction of sp³-hybridized carbons (Fsp3) is 0.0769. The third kappa shape index (κ3) is 3.28. The van der Waals surface area contributed by atoms with E-state index in [0.717, 1.165) is 30.3 Å². The molecular weight excluding hydrogens is 294 g/mol. The summed E-state index contributed by atoms with van der Waals surface area (Å²) in [5, 5.41) is 10.8. The second-order valence-corrected chi connectivity index (χ2v) is 3.97. The normalized spacial score (nSPS) is 11.2. The van der Waals surface area contributed by atoms with E-state index in [0.29, 0.717) is 6.07 Å². The van der Waals surface area contributed by atoms with E-state index in [9.17, 15) is 27.7 Å². The number of halogens is 4. The number of benzene rings is 2. The molecule has 0 radical (unpaired) electrons. The predicted molar refractivity (Wildman–Crippen MR) is 64.6 cm³/mol. The Morgan fingerprint density at radius 3 is 2.38 bits per heavy atom. The van der Waals surface area contributed by atoms with Gasteiger partial charge < -0.3 is 4.74 Å². The van der Waals surface area contributed by atoms with Crippen molar-refractivity contribution in [2.75, 3.05) is 0 Å². The van der Waals surface area contributed by atoms with E-state index >= 15 is 0 Å². The number of rotatable bonds is 3. The minimum Gasteiger partial charge on any atom is -0.450 e. The minimum absolute atomic E-state index is 0.279. The van der Waals surface area contributed by atoms with Crippen molar-refractivity contribution in [1.29, 1.82) is 0 Å². The molecule has 0 fully saturated rings. The average Bonchev–Trinajstić information content (AvgIpc) is 2.37. The molecule has 0 N–H and O–H groups in total. The summed E-state index contributed by atoms with van der Waals surface area (Å²) in [6.45, 7) is 0. The monoisotopic (exact) mass is 301 g/mol. The van der Waals surface area contributed by atoms with Crippen LogP contribution in [0.4, 0.5) is 23.2 Å². The molecule has 4 nitrogen and oxygen atoms in total. The minimum atomic E-state index is -4.58. The molecular formula is C13H7F4NO3. The molecule has 0 saturated heterocycles. The van der Waals surface area contributed by atoms with Gasteiger partial charge in [0.25, 0.3) is 0 Å². The molecule has 2 aromatic carbocycles. The molecule has 0 heterocycles. The fourth-order valence-electron chi connectivity index (χ4n) is 1.62. The van der Waals surface area contributed by atoms with Crippen LogP contribution in [0, 0.1) is 15.9 Å². The molecule has 0 aliphatic heterocycles. The van der Waals surface area contributed by atoms with Crippen LogP contribution in [0.15, 0.2) is 42.5 Å². The van der Waals surface area contributed by atoms with Gasteiger partial charge in [-0.25, -0.2) is 0 Å². The Morgan fingerprint density at radius 2 is 1.76 bits per heavy atom. The first kappa shape index (κ1) is 14.8. The largest absolute Gasteiger partial charge is 0.450 e. The zero-order chi connectivity index (χ0) is 15.6. The van der Waals surface area contributed by atoms with Gasteiger partial charge >= 0.3 is 11.9 Å². The Kier molecular flexibility index (Phi) is 3.79. The Balaban J connectivity index is 2.40. The fourth-order valence-corrected chi connectivity index (χ4v) is 1.62. The first-order valence-electron chi connectivity index (χ1n) is 5.57. The van der Waals surface area contributed by atoms with Crippen LogP contribution in [-0.2, 0) is 6.18 Å². The van der Waals surface area contributed by atoms with Crippen LogP contribution in [0.2, 0.25) is 0 Å². The van der Waals surface area contributed by atoms with E-state index in [4.69, 9.17) is 4.74 Å². The number of nitro groups is 1. The van der Waals surface area contributed by atoms with Crippen molar-refractivity contribution in [3.8, 4) is 11.5 Å². The lowest BCUT2D eigenvalue weighted by molar-refractivity contribution is -0.388. The molecule has 0 spiro atoms. The maximum atomic E-state index is 13.4. The molecule has 0 bridgehead atoms. The number of para-hydroxylation sites is 1. The number of hydrogen-bond donors (Lipinski definition) is 0. The molecule has 0 amide bonds. The van der Waals surface area contributed by atoms with E-state index < -0.39 is 33.9 Å². The Hall–Kier alpha value is -2.64. The van der Waals surface area contributed by atoms with E-state index in [1.165, 1.54) is 6.07 Å². The van der Waals surface area contributed by atoms with Crippen LogP contribution >= 0.6 is 0 Å². The summed E-state index contributed by atoms with van der Waals surface area (Å²) in [5.41, 5.74) is -1.91. The highest BCUT2D eigenvalue weighted by Gasteiger charge is 2.31. The first-order chi connectivity index (χ1) is 9.79. The number of alkyl halides is 3. The molecule has 2 aromatic rings. The van der Waals surface area contributed by atoms with Gasteiger partial charge in [-0.05, 0) is 30.3 Å². The third-order valence-corrected chi connectivity index (χ3v) is 2.52. The molecule has 0 unspecified atom stereocenters. The molecule has 0 aliphatic rings. The average molecular weight is 301 g/mol. The van der Waals surface area contributed by atoms with Crippen molar-refractivity contribution in [2.45, 2.75) is 6.18 Å². The van der Waals surface area contributed by atoms with Crippen LogP contribution in [0.25, 0.3) is 0 Å². The summed E-state index contributed by atoms with van der Waals surface area (Å²) in [6.07, 6.45) is -4.58. The van der Waals surface area contributed by atoms with Gasteiger partial charge in [-0.2, -0.15) is 17.6 Å². The van der Waals surface area contributed by atoms with E-state index in [-0.39, 0.29) is 5.75 Å². The Morgan fingerprint density at radius 1 is 1.10 bits per heavy atom. The molecule has 0 aromatic heterocycles. The number of hydrogen-bond acceptors (Lipinski definition) is 3. The first-order valence-corrected chi connectivity index (χ1v) is 5.57. The van der Waals surface area contributed by atoms with Crippen molar-refractivity contribution in [3.63, 3.8) is 0 Å². The highest BCUT2D eigenvalue weighted by Crippen LogP contribution is 2.36. The van der Waals surface area contributed by atoms with Crippen LogP contribution in [0.1, 0.15) is 5.56 Å². The summed E-state index contributed by atoms with van der Waals surface area (Å²) in [7, 11) is 0. The molecule has 21 heavy (non-hydrogen) atoms.